The molecule has 26 heavy (non-hydrogen) atoms. The molecule has 3 rings (SSSR count). The molecule has 0 radical (unpaired) electrons. The predicted molar refractivity (Wildman–Crippen MR) is 88.1 cm³/mol. The van der Waals surface area contributed by atoms with Crippen LogP contribution in [0.25, 0.3) is 0 Å². The fraction of sp³-hybridized carbons (Fsp3) is 0.263. The fourth-order valence-corrected chi connectivity index (χ4v) is 2.56. The Bertz CT molecular complexity index is 751. The molecule has 0 bridgehead atoms. The summed E-state index contributed by atoms with van der Waals surface area (Å²) in [6, 6.07) is 16.3. The van der Waals surface area contributed by atoms with Gasteiger partial charge in [0.05, 0.1) is 11.1 Å². The number of hydrogen-bond donors (Lipinski definition) is 1. The van der Waals surface area contributed by atoms with E-state index in [4.69, 9.17) is 14.2 Å². The monoisotopic (exact) mass is 360 g/mol. The van der Waals surface area contributed by atoms with Crippen molar-refractivity contribution >= 4 is 11.9 Å². The first-order chi connectivity index (χ1) is 12.6. The van der Waals surface area contributed by atoms with E-state index < -0.39 is 36.6 Å². The van der Waals surface area contributed by atoms with Gasteiger partial charge in [0.2, 0.25) is 0 Å². The fourth-order valence-electron chi connectivity index (χ4n) is 2.56. The van der Waals surface area contributed by atoms with Crippen LogP contribution in [0.3, 0.4) is 0 Å². The van der Waals surface area contributed by atoms with Gasteiger partial charge >= 0.3 is 11.9 Å². The Morgan fingerprint density at radius 2 is 1.50 bits per heavy atom. The lowest BCUT2D eigenvalue weighted by molar-refractivity contribution is -0.122. The average molecular weight is 360 g/mol. The molecular weight excluding hydrogens is 343 g/mol. The first-order valence-corrected chi connectivity index (χ1v) is 8.02. The number of esters is 2. The maximum atomic E-state index is 14.2. The topological polar surface area (TPSA) is 82.1 Å². The Morgan fingerprint density at radius 3 is 2.08 bits per heavy atom. The lowest BCUT2D eigenvalue weighted by atomic mass is 10.1. The van der Waals surface area contributed by atoms with Crippen molar-refractivity contribution in [2.24, 2.45) is 0 Å². The number of benzene rings is 2. The Kier molecular flexibility index (Phi) is 5.60. The van der Waals surface area contributed by atoms with Gasteiger partial charge in [0.1, 0.15) is 12.7 Å². The predicted octanol–water partition coefficient (Wildman–Crippen LogP) is 2.12. The molecular formula is C19H17FO6. The molecule has 7 heteroatoms. The number of ether oxygens (including phenoxy) is 3. The van der Waals surface area contributed by atoms with Gasteiger partial charge in [0.15, 0.2) is 18.6 Å². The van der Waals surface area contributed by atoms with Crippen molar-refractivity contribution in [2.75, 3.05) is 6.61 Å². The van der Waals surface area contributed by atoms with E-state index in [-0.39, 0.29) is 12.2 Å². The summed E-state index contributed by atoms with van der Waals surface area (Å²) in [6.07, 6.45) is -6.20. The Morgan fingerprint density at radius 1 is 0.962 bits per heavy atom. The summed E-state index contributed by atoms with van der Waals surface area (Å²) in [5.41, 5.74) is 0.557. The van der Waals surface area contributed by atoms with Gasteiger partial charge in [0, 0.05) is 0 Å². The zero-order chi connectivity index (χ0) is 18.5. The quantitative estimate of drug-likeness (QED) is 0.823. The van der Waals surface area contributed by atoms with E-state index in [0.29, 0.717) is 5.56 Å². The van der Waals surface area contributed by atoms with Crippen LogP contribution in [0.1, 0.15) is 20.7 Å². The minimum atomic E-state index is -1.94. The van der Waals surface area contributed by atoms with Crippen LogP contribution in [0.2, 0.25) is 0 Å². The first kappa shape index (κ1) is 18.0. The minimum absolute atomic E-state index is 0.237. The lowest BCUT2D eigenvalue weighted by Crippen LogP contribution is -2.37. The van der Waals surface area contributed by atoms with E-state index in [1.54, 1.807) is 48.5 Å². The van der Waals surface area contributed by atoms with Gasteiger partial charge in [0.25, 0.3) is 0 Å². The summed E-state index contributed by atoms with van der Waals surface area (Å²) < 4.78 is 29.4. The summed E-state index contributed by atoms with van der Waals surface area (Å²) >= 11 is 0. The number of aliphatic hydroxyl groups excluding tert-OH is 1. The zero-order valence-corrected chi connectivity index (χ0v) is 13.7. The molecule has 1 saturated heterocycles. The first-order valence-electron chi connectivity index (χ1n) is 8.02. The standard InChI is InChI=1S/C19H17FO6/c20-15-16(26-18(22)13-9-5-2-6-10-13)14(25-19(15)23)11-24-17(21)12-7-3-1-4-8-12/h1-10,14-16,19,23H,11H2/t14-,15?,16+,19+/m0/s1. The molecule has 0 amide bonds. The molecule has 1 aliphatic rings. The summed E-state index contributed by atoms with van der Waals surface area (Å²) in [5, 5.41) is 9.58. The second-order valence-corrected chi connectivity index (χ2v) is 5.71. The van der Waals surface area contributed by atoms with Crippen LogP contribution in [0.4, 0.5) is 4.39 Å². The third-order valence-corrected chi connectivity index (χ3v) is 3.91. The molecule has 1 heterocycles. The smallest absolute Gasteiger partial charge is 0.338 e. The highest BCUT2D eigenvalue weighted by atomic mass is 19.1. The van der Waals surface area contributed by atoms with E-state index >= 15 is 0 Å². The van der Waals surface area contributed by atoms with Crippen molar-refractivity contribution in [1.82, 2.24) is 0 Å². The summed E-state index contributed by atoms with van der Waals surface area (Å²) in [5.74, 6) is -1.38. The molecule has 1 unspecified atom stereocenters. The normalized spacial score (nSPS) is 24.8. The summed E-state index contributed by atoms with van der Waals surface area (Å²) in [7, 11) is 0. The number of carbonyl (C=O) groups excluding carboxylic acids is 2. The third-order valence-electron chi connectivity index (χ3n) is 3.91. The van der Waals surface area contributed by atoms with E-state index in [9.17, 15) is 19.1 Å². The van der Waals surface area contributed by atoms with Crippen LogP contribution in [-0.4, -0.2) is 48.3 Å². The lowest BCUT2D eigenvalue weighted by Gasteiger charge is -2.19. The molecule has 1 aliphatic heterocycles. The highest BCUT2D eigenvalue weighted by Crippen LogP contribution is 2.26. The zero-order valence-electron chi connectivity index (χ0n) is 13.7. The Labute approximate surface area is 149 Å². The highest BCUT2D eigenvalue weighted by molar-refractivity contribution is 5.90. The van der Waals surface area contributed by atoms with Crippen molar-refractivity contribution < 1.29 is 33.3 Å². The van der Waals surface area contributed by atoms with Crippen LogP contribution < -0.4 is 0 Å². The van der Waals surface area contributed by atoms with E-state index in [1.165, 1.54) is 12.1 Å². The average Bonchev–Trinajstić information content (AvgIpc) is 2.95. The maximum Gasteiger partial charge on any atom is 0.338 e. The Hall–Kier alpha value is -2.77. The van der Waals surface area contributed by atoms with Gasteiger partial charge in [-0.05, 0) is 24.3 Å². The van der Waals surface area contributed by atoms with Gasteiger partial charge in [-0.3, -0.25) is 0 Å². The molecule has 0 saturated carbocycles. The molecule has 0 spiro atoms. The number of rotatable bonds is 5. The van der Waals surface area contributed by atoms with Crippen molar-refractivity contribution in [3.05, 3.63) is 71.8 Å². The molecule has 136 valence electrons. The van der Waals surface area contributed by atoms with Gasteiger partial charge in [-0.2, -0.15) is 0 Å². The number of carbonyl (C=O) groups is 2. The molecule has 2 aromatic rings. The van der Waals surface area contributed by atoms with Gasteiger partial charge in [-0.15, -0.1) is 0 Å². The van der Waals surface area contributed by atoms with Gasteiger partial charge < -0.3 is 19.3 Å². The number of halogens is 1. The summed E-state index contributed by atoms with van der Waals surface area (Å²) in [4.78, 5) is 24.1. The second-order valence-electron chi connectivity index (χ2n) is 5.71. The van der Waals surface area contributed by atoms with Crippen molar-refractivity contribution in [1.29, 1.82) is 0 Å². The largest absolute Gasteiger partial charge is 0.459 e. The van der Waals surface area contributed by atoms with E-state index in [2.05, 4.69) is 0 Å². The van der Waals surface area contributed by atoms with Crippen molar-refractivity contribution in [3.8, 4) is 0 Å². The van der Waals surface area contributed by atoms with Crippen LogP contribution in [0.5, 0.6) is 0 Å². The van der Waals surface area contributed by atoms with Crippen LogP contribution in [0.15, 0.2) is 60.7 Å². The second kappa shape index (κ2) is 8.07. The van der Waals surface area contributed by atoms with Crippen LogP contribution in [-0.2, 0) is 14.2 Å². The molecule has 2 aromatic carbocycles. The molecule has 6 nitrogen and oxygen atoms in total. The molecule has 4 atom stereocenters. The van der Waals surface area contributed by atoms with Crippen molar-refractivity contribution in [2.45, 2.75) is 24.7 Å². The van der Waals surface area contributed by atoms with Gasteiger partial charge in [-0.1, -0.05) is 36.4 Å². The maximum absolute atomic E-state index is 14.2. The highest BCUT2D eigenvalue weighted by Gasteiger charge is 2.47. The molecule has 0 aromatic heterocycles. The number of alkyl halides is 1. The van der Waals surface area contributed by atoms with Gasteiger partial charge in [-0.25, -0.2) is 14.0 Å². The number of aliphatic hydroxyl groups is 1. The minimum Gasteiger partial charge on any atom is -0.459 e. The molecule has 1 fully saturated rings. The van der Waals surface area contributed by atoms with Crippen LogP contribution in [0, 0.1) is 0 Å². The Balaban J connectivity index is 1.63. The molecule has 0 aliphatic carbocycles. The number of hydrogen-bond acceptors (Lipinski definition) is 6. The summed E-state index contributed by atoms with van der Waals surface area (Å²) in [6.45, 7) is -0.363. The van der Waals surface area contributed by atoms with Crippen molar-refractivity contribution in [3.63, 3.8) is 0 Å². The molecule has 1 N–H and O–H groups in total. The van der Waals surface area contributed by atoms with E-state index in [0.717, 1.165) is 0 Å². The third kappa shape index (κ3) is 4.07. The SMILES string of the molecule is O=C(OC[C@@H]1O[C@@H](O)C(F)[C@@H]1OC(=O)c1ccccc1)c1ccccc1. The van der Waals surface area contributed by atoms with Crippen LogP contribution >= 0.6 is 0 Å². The van der Waals surface area contributed by atoms with E-state index in [1.807, 2.05) is 0 Å².